The highest BCUT2D eigenvalue weighted by atomic mass is 32.2. The van der Waals surface area contributed by atoms with Crippen LogP contribution in [0.2, 0.25) is 0 Å². The van der Waals surface area contributed by atoms with Crippen LogP contribution in [-0.4, -0.2) is 27.3 Å². The molecule has 0 aliphatic rings. The monoisotopic (exact) mass is 199 g/mol. The van der Waals surface area contributed by atoms with Crippen molar-refractivity contribution in [2.45, 2.75) is 11.4 Å². The van der Waals surface area contributed by atoms with Crippen LogP contribution in [0, 0.1) is 0 Å². The molecule has 0 fully saturated rings. The third-order valence-corrected chi connectivity index (χ3v) is 1.94. The van der Waals surface area contributed by atoms with Crippen LogP contribution in [0.25, 0.3) is 0 Å². The molecule has 5 nitrogen and oxygen atoms in total. The van der Waals surface area contributed by atoms with E-state index in [2.05, 4.69) is 9.97 Å². The van der Waals surface area contributed by atoms with Gasteiger partial charge < -0.3 is 10.8 Å². The molecule has 0 aromatic carbocycles. The number of carbonyl (C=O) groups is 1. The lowest BCUT2D eigenvalue weighted by Gasteiger charge is -2.00. The average molecular weight is 199 g/mol. The van der Waals surface area contributed by atoms with Gasteiger partial charge in [0.1, 0.15) is 5.03 Å². The summed E-state index contributed by atoms with van der Waals surface area (Å²) in [5, 5.41) is 9.20. The topological polar surface area (TPSA) is 89.1 Å². The van der Waals surface area contributed by atoms with Crippen LogP contribution in [-0.2, 0) is 11.2 Å². The molecule has 0 unspecified atom stereocenters. The van der Waals surface area contributed by atoms with Gasteiger partial charge in [-0.25, -0.2) is 9.97 Å². The summed E-state index contributed by atoms with van der Waals surface area (Å²) in [5.74, 6) is -0.812. The van der Waals surface area contributed by atoms with Gasteiger partial charge in [-0.05, 0) is 12.3 Å². The number of carboxylic acids is 1. The van der Waals surface area contributed by atoms with E-state index < -0.39 is 5.97 Å². The van der Waals surface area contributed by atoms with Crippen molar-refractivity contribution >= 4 is 23.7 Å². The van der Waals surface area contributed by atoms with Crippen molar-refractivity contribution < 1.29 is 9.90 Å². The number of aliphatic carboxylic acids is 1. The number of hydrogen-bond acceptors (Lipinski definition) is 5. The zero-order valence-corrected chi connectivity index (χ0v) is 7.84. The molecule has 1 rings (SSSR count). The van der Waals surface area contributed by atoms with Gasteiger partial charge in [-0.1, -0.05) is 0 Å². The Labute approximate surface area is 79.4 Å². The highest BCUT2D eigenvalue weighted by Gasteiger charge is 2.05. The molecule has 0 atom stereocenters. The van der Waals surface area contributed by atoms with Crippen molar-refractivity contribution in [3.05, 3.63) is 11.8 Å². The van der Waals surface area contributed by atoms with Gasteiger partial charge in [0.05, 0.1) is 12.1 Å². The number of hydrogen-bond donors (Lipinski definition) is 2. The van der Waals surface area contributed by atoms with Gasteiger partial charge >= 0.3 is 5.97 Å². The van der Waals surface area contributed by atoms with E-state index in [0.717, 1.165) is 0 Å². The molecule has 0 saturated heterocycles. The van der Waals surface area contributed by atoms with Crippen LogP contribution in [0.3, 0.4) is 0 Å². The number of carboxylic acid groups (broad SMARTS) is 1. The smallest absolute Gasteiger partial charge is 0.309 e. The average Bonchev–Trinajstić information content (AvgIpc) is 2.01. The molecule has 0 radical (unpaired) electrons. The molecule has 0 bridgehead atoms. The zero-order valence-electron chi connectivity index (χ0n) is 7.02. The van der Waals surface area contributed by atoms with Crippen molar-refractivity contribution in [1.82, 2.24) is 9.97 Å². The zero-order chi connectivity index (χ0) is 9.84. The number of nitrogens with two attached hydrogens (primary N) is 1. The molecule has 3 N–H and O–H groups in total. The number of nitrogens with zero attached hydrogens (tertiary/aromatic N) is 2. The minimum absolute atomic E-state index is 0.114. The van der Waals surface area contributed by atoms with Crippen LogP contribution < -0.4 is 5.73 Å². The Morgan fingerprint density at radius 2 is 2.38 bits per heavy atom. The first-order valence-electron chi connectivity index (χ1n) is 3.51. The molecule has 0 aliphatic heterocycles. The van der Waals surface area contributed by atoms with Gasteiger partial charge in [-0.3, -0.25) is 4.79 Å². The summed E-state index contributed by atoms with van der Waals surface area (Å²) >= 11 is 1.40. The predicted molar refractivity (Wildman–Crippen MR) is 49.6 cm³/mol. The first-order valence-corrected chi connectivity index (χ1v) is 4.73. The van der Waals surface area contributed by atoms with Crippen LogP contribution >= 0.6 is 11.8 Å². The summed E-state index contributed by atoms with van der Waals surface area (Å²) in [5.41, 5.74) is 5.82. The summed E-state index contributed by atoms with van der Waals surface area (Å²) in [6.07, 6.45) is 1.71. The van der Waals surface area contributed by atoms with Crippen LogP contribution in [0.15, 0.2) is 11.1 Å². The second-order valence-corrected chi connectivity index (χ2v) is 3.16. The summed E-state index contributed by atoms with van der Waals surface area (Å²) in [4.78, 5) is 18.1. The van der Waals surface area contributed by atoms with Crippen molar-refractivity contribution in [2.24, 2.45) is 0 Å². The Kier molecular flexibility index (Phi) is 3.07. The maximum Gasteiger partial charge on any atom is 0.309 e. The largest absolute Gasteiger partial charge is 0.481 e. The maximum atomic E-state index is 10.4. The normalized spacial score (nSPS) is 9.92. The summed E-state index contributed by atoms with van der Waals surface area (Å²) in [7, 11) is 0. The number of nitrogen functional groups attached to an aromatic ring is 1. The lowest BCUT2D eigenvalue weighted by Crippen LogP contribution is -2.06. The Morgan fingerprint density at radius 3 is 2.92 bits per heavy atom. The fourth-order valence-corrected chi connectivity index (χ4v) is 1.28. The van der Waals surface area contributed by atoms with Crippen LogP contribution in [0.1, 0.15) is 5.69 Å². The molecule has 6 heteroatoms. The summed E-state index contributed by atoms with van der Waals surface area (Å²) in [6.45, 7) is 0. The van der Waals surface area contributed by atoms with Crippen molar-refractivity contribution in [2.75, 3.05) is 12.0 Å². The van der Waals surface area contributed by atoms with E-state index >= 15 is 0 Å². The molecular weight excluding hydrogens is 190 g/mol. The third kappa shape index (κ3) is 2.90. The first-order chi connectivity index (χ1) is 6.11. The second kappa shape index (κ2) is 4.08. The molecular formula is C7H9N3O2S. The first kappa shape index (κ1) is 9.79. The fourth-order valence-electron chi connectivity index (χ4n) is 0.842. The molecule has 0 aliphatic carbocycles. The van der Waals surface area contributed by atoms with Gasteiger partial charge in [0.25, 0.3) is 0 Å². The standard InChI is InChI=1S/C7H9N3O2S/c1-13-5-2-4(3-6(11)12)9-7(8)10-5/h2H,3H2,1H3,(H,11,12)(H2,8,9,10). The van der Waals surface area contributed by atoms with E-state index in [1.807, 2.05) is 6.26 Å². The molecule has 1 aromatic heterocycles. The Hall–Kier alpha value is -1.30. The molecule has 1 heterocycles. The highest BCUT2D eigenvalue weighted by molar-refractivity contribution is 7.98. The van der Waals surface area contributed by atoms with Gasteiger partial charge in [0.2, 0.25) is 5.95 Å². The van der Waals surface area contributed by atoms with Gasteiger partial charge in [-0.2, -0.15) is 0 Å². The van der Waals surface area contributed by atoms with E-state index in [4.69, 9.17) is 10.8 Å². The van der Waals surface area contributed by atoms with E-state index in [9.17, 15) is 4.79 Å². The maximum absolute atomic E-state index is 10.4. The van der Waals surface area contributed by atoms with E-state index in [-0.39, 0.29) is 12.4 Å². The van der Waals surface area contributed by atoms with Crippen molar-refractivity contribution in [1.29, 1.82) is 0 Å². The molecule has 0 saturated carbocycles. The van der Waals surface area contributed by atoms with Gasteiger partial charge in [0.15, 0.2) is 0 Å². The quantitative estimate of drug-likeness (QED) is 0.541. The molecule has 70 valence electrons. The number of rotatable bonds is 3. The van der Waals surface area contributed by atoms with Gasteiger partial charge in [-0.15, -0.1) is 11.8 Å². The lowest BCUT2D eigenvalue weighted by molar-refractivity contribution is -0.136. The van der Waals surface area contributed by atoms with Crippen molar-refractivity contribution in [3.63, 3.8) is 0 Å². The van der Waals surface area contributed by atoms with E-state index in [0.29, 0.717) is 10.7 Å². The number of aromatic nitrogens is 2. The highest BCUT2D eigenvalue weighted by Crippen LogP contribution is 2.13. The Bertz CT molecular complexity index is 330. The third-order valence-electron chi connectivity index (χ3n) is 1.31. The van der Waals surface area contributed by atoms with Crippen LogP contribution in [0.5, 0.6) is 0 Å². The molecule has 0 amide bonds. The second-order valence-electron chi connectivity index (χ2n) is 2.33. The Morgan fingerprint density at radius 1 is 1.69 bits per heavy atom. The molecule has 1 aromatic rings. The lowest BCUT2D eigenvalue weighted by atomic mass is 10.3. The van der Waals surface area contributed by atoms with E-state index in [1.54, 1.807) is 6.07 Å². The van der Waals surface area contributed by atoms with Gasteiger partial charge in [0, 0.05) is 0 Å². The Balaban J connectivity index is 2.94. The summed E-state index contributed by atoms with van der Waals surface area (Å²) < 4.78 is 0. The summed E-state index contributed by atoms with van der Waals surface area (Å²) in [6, 6.07) is 1.62. The minimum atomic E-state index is -0.926. The fraction of sp³-hybridized carbons (Fsp3) is 0.286. The predicted octanol–water partition coefficient (Wildman–Crippen LogP) is 0.408. The molecule has 13 heavy (non-hydrogen) atoms. The number of anilines is 1. The van der Waals surface area contributed by atoms with Crippen LogP contribution in [0.4, 0.5) is 5.95 Å². The SMILES string of the molecule is CSc1cc(CC(=O)O)nc(N)n1. The van der Waals surface area contributed by atoms with E-state index in [1.165, 1.54) is 11.8 Å². The minimum Gasteiger partial charge on any atom is -0.481 e. The number of thioether (sulfide) groups is 1. The van der Waals surface area contributed by atoms with Crippen molar-refractivity contribution in [3.8, 4) is 0 Å². The molecule has 0 spiro atoms.